The topological polar surface area (TPSA) is 76.1 Å². The van der Waals surface area contributed by atoms with E-state index in [4.69, 9.17) is 4.74 Å². The minimum atomic E-state index is -0.414. The number of hydrogen-bond donors (Lipinski definition) is 2. The van der Waals surface area contributed by atoms with Gasteiger partial charge in [-0.15, -0.1) is 0 Å². The van der Waals surface area contributed by atoms with Crippen molar-refractivity contribution in [3.63, 3.8) is 0 Å². The Labute approximate surface area is 145 Å². The molecule has 1 aromatic heterocycles. The number of benzene rings is 2. The van der Waals surface area contributed by atoms with Crippen molar-refractivity contribution in [3.05, 3.63) is 66.5 Å². The van der Waals surface area contributed by atoms with Crippen molar-refractivity contribution in [1.29, 1.82) is 0 Å². The summed E-state index contributed by atoms with van der Waals surface area (Å²) in [5.74, 6) is 0.954. The van der Waals surface area contributed by atoms with Gasteiger partial charge < -0.3 is 10.1 Å². The Bertz CT molecular complexity index is 882. The zero-order chi connectivity index (χ0) is 17.6. The van der Waals surface area contributed by atoms with E-state index in [0.29, 0.717) is 22.9 Å². The second kappa shape index (κ2) is 7.44. The predicted octanol–water partition coefficient (Wildman–Crippen LogP) is 4.10. The van der Waals surface area contributed by atoms with E-state index in [0.717, 1.165) is 11.1 Å². The van der Waals surface area contributed by atoms with Crippen molar-refractivity contribution in [1.82, 2.24) is 9.97 Å². The van der Waals surface area contributed by atoms with Crippen LogP contribution in [0.2, 0.25) is 0 Å². The zero-order valence-corrected chi connectivity index (χ0v) is 14.0. The molecule has 0 saturated heterocycles. The molecule has 0 unspecified atom stereocenters. The van der Waals surface area contributed by atoms with E-state index in [9.17, 15) is 4.79 Å². The second-order valence-corrected chi connectivity index (χ2v) is 5.44. The van der Waals surface area contributed by atoms with Crippen molar-refractivity contribution in [2.75, 3.05) is 17.7 Å². The van der Waals surface area contributed by atoms with Crippen molar-refractivity contribution >= 4 is 17.5 Å². The molecule has 2 amide bonds. The number of carbonyl (C=O) groups is 1. The Morgan fingerprint density at radius 2 is 1.84 bits per heavy atom. The molecule has 0 radical (unpaired) electrons. The summed E-state index contributed by atoms with van der Waals surface area (Å²) in [4.78, 5) is 20.8. The number of carbonyl (C=O) groups excluding carboxylic acids is 1. The first-order valence-electron chi connectivity index (χ1n) is 7.76. The van der Waals surface area contributed by atoms with Crippen molar-refractivity contribution in [3.8, 4) is 17.0 Å². The van der Waals surface area contributed by atoms with E-state index >= 15 is 0 Å². The average Bonchev–Trinajstić information content (AvgIpc) is 2.63. The molecule has 0 aliphatic rings. The standard InChI is InChI=1S/C19H18N4O2/c1-13-8-9-17(25-2)15(10-13)22-19(24)23-18-12-20-11-16(21-18)14-6-4-3-5-7-14/h3-12H,1-2H3,(H2,21,22,23,24). The van der Waals surface area contributed by atoms with Crippen LogP contribution in [0.1, 0.15) is 5.56 Å². The van der Waals surface area contributed by atoms with Gasteiger partial charge in [-0.2, -0.15) is 0 Å². The highest BCUT2D eigenvalue weighted by Crippen LogP contribution is 2.25. The largest absolute Gasteiger partial charge is 0.495 e. The lowest BCUT2D eigenvalue weighted by molar-refractivity contribution is 0.262. The lowest BCUT2D eigenvalue weighted by Gasteiger charge is -2.12. The summed E-state index contributed by atoms with van der Waals surface area (Å²) in [6.07, 6.45) is 3.15. The smallest absolute Gasteiger partial charge is 0.325 e. The summed E-state index contributed by atoms with van der Waals surface area (Å²) in [6, 6.07) is 14.8. The van der Waals surface area contributed by atoms with Crippen molar-refractivity contribution in [2.24, 2.45) is 0 Å². The molecule has 2 aromatic carbocycles. The Morgan fingerprint density at radius 3 is 2.60 bits per heavy atom. The molecule has 0 bridgehead atoms. The van der Waals surface area contributed by atoms with E-state index in [2.05, 4.69) is 20.6 Å². The fraction of sp³-hybridized carbons (Fsp3) is 0.105. The maximum absolute atomic E-state index is 12.3. The van der Waals surface area contributed by atoms with Crippen molar-refractivity contribution in [2.45, 2.75) is 6.92 Å². The van der Waals surface area contributed by atoms with Gasteiger partial charge in [0.05, 0.1) is 30.9 Å². The third-order valence-corrected chi connectivity index (χ3v) is 3.55. The highest BCUT2D eigenvalue weighted by molar-refractivity contribution is 6.00. The highest BCUT2D eigenvalue weighted by atomic mass is 16.5. The number of nitrogens with one attached hydrogen (secondary N) is 2. The molecule has 0 aliphatic heterocycles. The maximum Gasteiger partial charge on any atom is 0.325 e. The number of urea groups is 1. The third kappa shape index (κ3) is 4.11. The van der Waals surface area contributed by atoms with Gasteiger partial charge in [0.1, 0.15) is 5.75 Å². The highest BCUT2D eigenvalue weighted by Gasteiger charge is 2.09. The van der Waals surface area contributed by atoms with E-state index in [-0.39, 0.29) is 0 Å². The molecular formula is C19H18N4O2. The van der Waals surface area contributed by atoms with Gasteiger partial charge in [-0.05, 0) is 24.6 Å². The molecular weight excluding hydrogens is 316 g/mol. The molecule has 2 N–H and O–H groups in total. The van der Waals surface area contributed by atoms with Crippen LogP contribution in [-0.4, -0.2) is 23.1 Å². The van der Waals surface area contributed by atoms with E-state index in [1.165, 1.54) is 6.20 Å². The van der Waals surface area contributed by atoms with Gasteiger partial charge in [-0.3, -0.25) is 10.3 Å². The summed E-state index contributed by atoms with van der Waals surface area (Å²) in [6.45, 7) is 1.94. The monoisotopic (exact) mass is 334 g/mol. The molecule has 6 heteroatoms. The number of aryl methyl sites for hydroxylation is 1. The number of aromatic nitrogens is 2. The van der Waals surface area contributed by atoms with Crippen LogP contribution in [0.25, 0.3) is 11.3 Å². The van der Waals surface area contributed by atoms with Crippen LogP contribution in [0.15, 0.2) is 60.9 Å². The minimum absolute atomic E-state index is 0.366. The van der Waals surface area contributed by atoms with Gasteiger partial charge in [0, 0.05) is 5.56 Å². The van der Waals surface area contributed by atoms with Gasteiger partial charge in [-0.25, -0.2) is 9.78 Å². The summed E-state index contributed by atoms with van der Waals surface area (Å²) < 4.78 is 5.26. The number of rotatable bonds is 4. The molecule has 25 heavy (non-hydrogen) atoms. The van der Waals surface area contributed by atoms with E-state index in [1.54, 1.807) is 19.4 Å². The molecule has 126 valence electrons. The van der Waals surface area contributed by atoms with Crippen LogP contribution >= 0.6 is 0 Å². The van der Waals surface area contributed by atoms with Gasteiger partial charge in [0.15, 0.2) is 5.82 Å². The Kier molecular flexibility index (Phi) is 4.89. The van der Waals surface area contributed by atoms with Crippen LogP contribution in [0, 0.1) is 6.92 Å². The predicted molar refractivity (Wildman–Crippen MR) is 97.8 cm³/mol. The van der Waals surface area contributed by atoms with Crippen molar-refractivity contribution < 1.29 is 9.53 Å². The molecule has 0 saturated carbocycles. The minimum Gasteiger partial charge on any atom is -0.495 e. The first-order valence-corrected chi connectivity index (χ1v) is 7.76. The Hall–Kier alpha value is -3.41. The molecule has 0 atom stereocenters. The Balaban J connectivity index is 1.75. The first-order chi connectivity index (χ1) is 12.2. The molecule has 0 fully saturated rings. The third-order valence-electron chi connectivity index (χ3n) is 3.55. The average molecular weight is 334 g/mol. The van der Waals surface area contributed by atoms with Crippen LogP contribution in [0.4, 0.5) is 16.3 Å². The summed E-state index contributed by atoms with van der Waals surface area (Å²) in [5, 5.41) is 5.46. The molecule has 0 aliphatic carbocycles. The van der Waals surface area contributed by atoms with Crippen LogP contribution in [0.5, 0.6) is 5.75 Å². The molecule has 0 spiro atoms. The van der Waals surface area contributed by atoms with Crippen LogP contribution in [-0.2, 0) is 0 Å². The number of nitrogens with zero attached hydrogens (tertiary/aromatic N) is 2. The summed E-state index contributed by atoms with van der Waals surface area (Å²) in [7, 11) is 1.56. The van der Waals surface area contributed by atoms with Gasteiger partial charge in [0.2, 0.25) is 0 Å². The lowest BCUT2D eigenvalue weighted by Crippen LogP contribution is -2.20. The number of hydrogen-bond acceptors (Lipinski definition) is 4. The van der Waals surface area contributed by atoms with Crippen LogP contribution in [0.3, 0.4) is 0 Å². The van der Waals surface area contributed by atoms with Gasteiger partial charge in [-0.1, -0.05) is 36.4 Å². The zero-order valence-electron chi connectivity index (χ0n) is 14.0. The molecule has 3 rings (SSSR count). The van der Waals surface area contributed by atoms with Crippen LogP contribution < -0.4 is 15.4 Å². The number of ether oxygens (including phenoxy) is 1. The van der Waals surface area contributed by atoms with Gasteiger partial charge in [0.25, 0.3) is 0 Å². The fourth-order valence-electron chi connectivity index (χ4n) is 2.36. The number of anilines is 2. The maximum atomic E-state index is 12.3. The van der Waals surface area contributed by atoms with Gasteiger partial charge >= 0.3 is 6.03 Å². The van der Waals surface area contributed by atoms with E-state index in [1.807, 2.05) is 49.4 Å². The van der Waals surface area contributed by atoms with E-state index < -0.39 is 6.03 Å². The summed E-state index contributed by atoms with van der Waals surface area (Å²) in [5.41, 5.74) is 3.22. The second-order valence-electron chi connectivity index (χ2n) is 5.44. The lowest BCUT2D eigenvalue weighted by atomic mass is 10.2. The summed E-state index contributed by atoms with van der Waals surface area (Å²) >= 11 is 0. The molecule has 1 heterocycles. The normalized spacial score (nSPS) is 10.2. The Morgan fingerprint density at radius 1 is 1.04 bits per heavy atom. The molecule has 6 nitrogen and oxygen atoms in total. The SMILES string of the molecule is COc1ccc(C)cc1NC(=O)Nc1cncc(-c2ccccc2)n1. The number of amides is 2. The fourth-order valence-corrected chi connectivity index (χ4v) is 2.36. The first kappa shape index (κ1) is 16.4. The molecule has 3 aromatic rings. The quantitative estimate of drug-likeness (QED) is 0.753. The number of methoxy groups -OCH3 is 1.